The van der Waals surface area contributed by atoms with Gasteiger partial charge in [0.05, 0.1) is 12.6 Å². The Labute approximate surface area is 307 Å². The molecular formula is C33H34N8O10S2. The van der Waals surface area contributed by atoms with Crippen molar-refractivity contribution in [1.29, 1.82) is 0 Å². The molecule has 0 spiro atoms. The first-order chi connectivity index (χ1) is 25.1. The van der Waals surface area contributed by atoms with Crippen LogP contribution in [0.3, 0.4) is 0 Å². The Kier molecular flexibility index (Phi) is 10.3. The predicted molar refractivity (Wildman–Crippen MR) is 187 cm³/mol. The van der Waals surface area contributed by atoms with E-state index >= 15 is 0 Å². The monoisotopic (exact) mass is 766 g/mol. The summed E-state index contributed by atoms with van der Waals surface area (Å²) in [6, 6.07) is 15.4. The van der Waals surface area contributed by atoms with E-state index in [9.17, 15) is 32.1 Å². The van der Waals surface area contributed by atoms with Crippen LogP contribution in [0.15, 0.2) is 83.9 Å². The zero-order chi connectivity index (χ0) is 38.0. The SMILES string of the molecule is CC(C)(C)OC(=O)Nc1nc(/C(=N/OC2(C(=O)OC(c3ccccc3)c3ccccc3)CC2)C(=O)N[C@@H]2C(=O)N(S(=O)(=O)O)[C@@H]2Cn2cncn2)cs1. The molecule has 1 saturated heterocycles. The largest absolute Gasteiger partial charge is 0.450 e. The van der Waals surface area contributed by atoms with Crippen molar-refractivity contribution in [3.63, 3.8) is 0 Å². The average molecular weight is 767 g/mol. The summed E-state index contributed by atoms with van der Waals surface area (Å²) in [7, 11) is -5.01. The molecule has 278 valence electrons. The van der Waals surface area contributed by atoms with Crippen LogP contribution in [0.1, 0.15) is 56.5 Å². The van der Waals surface area contributed by atoms with Crippen LogP contribution in [0.25, 0.3) is 0 Å². The smallest absolute Gasteiger partial charge is 0.413 e. The predicted octanol–water partition coefficient (Wildman–Crippen LogP) is 2.87. The molecule has 20 heteroatoms. The van der Waals surface area contributed by atoms with Gasteiger partial charge in [-0.1, -0.05) is 65.8 Å². The van der Waals surface area contributed by atoms with Crippen molar-refractivity contribution in [2.24, 2.45) is 5.16 Å². The van der Waals surface area contributed by atoms with E-state index in [1.165, 1.54) is 22.7 Å². The molecule has 1 aliphatic carbocycles. The van der Waals surface area contributed by atoms with Crippen molar-refractivity contribution in [2.75, 3.05) is 5.32 Å². The van der Waals surface area contributed by atoms with Crippen molar-refractivity contribution in [3.8, 4) is 0 Å². The third-order valence-corrected chi connectivity index (χ3v) is 9.64. The molecule has 18 nitrogen and oxygen atoms in total. The molecule has 2 aromatic heterocycles. The molecule has 53 heavy (non-hydrogen) atoms. The lowest BCUT2D eigenvalue weighted by Crippen LogP contribution is -2.73. The number of amides is 3. The highest BCUT2D eigenvalue weighted by atomic mass is 32.2. The molecule has 2 aromatic carbocycles. The van der Waals surface area contributed by atoms with Crippen molar-refractivity contribution in [2.45, 2.75) is 69.5 Å². The standard InChI is InChI=1S/C33H34N8O10S2/c1-32(2,3)50-31(45)38-30-36-22(17-52-30)24(27(42)37-25-23(16-40-19-34-18-35-40)41(28(25)43)53(46,47)48)39-51-33(14-15-33)29(44)49-26(20-10-6-4-7-11-20)21-12-8-5-9-13-21/h4-13,17-19,23,25-26H,14-16H2,1-3H3,(H,37,42)(H,36,38,45)(H,46,47,48)/b39-24-/t23-,25+/m1/s1. The number of ether oxygens (including phenoxy) is 2. The number of nitrogens with one attached hydrogen (secondary N) is 2. The summed E-state index contributed by atoms with van der Waals surface area (Å²) in [6.07, 6.45) is 1.24. The van der Waals surface area contributed by atoms with Gasteiger partial charge < -0.3 is 19.6 Å². The number of rotatable bonds is 13. The molecule has 1 aliphatic heterocycles. The summed E-state index contributed by atoms with van der Waals surface area (Å²) in [5.41, 5.74) is -1.60. The lowest BCUT2D eigenvalue weighted by atomic mass is 9.98. The third-order valence-electron chi connectivity index (χ3n) is 7.93. The number of hydrogen-bond acceptors (Lipinski definition) is 14. The van der Waals surface area contributed by atoms with Gasteiger partial charge in [-0.15, -0.1) is 11.3 Å². The van der Waals surface area contributed by atoms with E-state index in [-0.39, 0.29) is 34.5 Å². The number of hydrogen-bond donors (Lipinski definition) is 3. The second kappa shape index (κ2) is 14.7. The van der Waals surface area contributed by atoms with E-state index in [4.69, 9.17) is 14.3 Å². The molecule has 0 unspecified atom stereocenters. The van der Waals surface area contributed by atoms with Gasteiger partial charge in [-0.3, -0.25) is 24.1 Å². The van der Waals surface area contributed by atoms with Gasteiger partial charge >= 0.3 is 22.4 Å². The minimum absolute atomic E-state index is 0.0187. The van der Waals surface area contributed by atoms with Gasteiger partial charge in [0.15, 0.2) is 16.9 Å². The average Bonchev–Trinajstić information content (AvgIpc) is 3.45. The van der Waals surface area contributed by atoms with Crippen LogP contribution in [0, 0.1) is 0 Å². The minimum atomic E-state index is -5.01. The molecule has 2 atom stereocenters. The zero-order valence-electron chi connectivity index (χ0n) is 28.5. The Morgan fingerprint density at radius 2 is 1.72 bits per heavy atom. The fraction of sp³-hybridized carbons (Fsp3) is 0.333. The molecule has 2 aliphatic rings. The van der Waals surface area contributed by atoms with Gasteiger partial charge in [0, 0.05) is 18.2 Å². The van der Waals surface area contributed by atoms with Gasteiger partial charge in [-0.05, 0) is 31.9 Å². The highest BCUT2D eigenvalue weighted by Gasteiger charge is 2.57. The zero-order valence-corrected chi connectivity index (χ0v) is 30.1. The summed E-state index contributed by atoms with van der Waals surface area (Å²) < 4.78 is 46.5. The van der Waals surface area contributed by atoms with Gasteiger partial charge in [-0.25, -0.2) is 23.9 Å². The highest BCUT2D eigenvalue weighted by Crippen LogP contribution is 2.43. The molecule has 0 radical (unpaired) electrons. The van der Waals surface area contributed by atoms with Crippen LogP contribution in [-0.4, -0.2) is 89.9 Å². The van der Waals surface area contributed by atoms with E-state index in [0.29, 0.717) is 11.1 Å². The third kappa shape index (κ3) is 8.67. The molecule has 0 bridgehead atoms. The molecule has 3 amide bonds. The van der Waals surface area contributed by atoms with Crippen molar-refractivity contribution in [3.05, 3.63) is 95.5 Å². The minimum Gasteiger partial charge on any atom is -0.450 e. The second-order valence-corrected chi connectivity index (χ2v) is 15.2. The van der Waals surface area contributed by atoms with E-state index in [1.54, 1.807) is 20.8 Å². The van der Waals surface area contributed by atoms with Gasteiger partial charge in [0.1, 0.15) is 30.0 Å². The quantitative estimate of drug-likeness (QED) is 0.0585. The van der Waals surface area contributed by atoms with E-state index in [0.717, 1.165) is 11.3 Å². The number of esters is 1. The van der Waals surface area contributed by atoms with Crippen LogP contribution >= 0.6 is 11.3 Å². The fourth-order valence-corrected chi connectivity index (χ4v) is 6.83. The number of anilines is 1. The Morgan fingerprint density at radius 3 is 2.26 bits per heavy atom. The summed E-state index contributed by atoms with van der Waals surface area (Å²) >= 11 is 0.918. The summed E-state index contributed by atoms with van der Waals surface area (Å²) in [5.74, 6) is -2.92. The summed E-state index contributed by atoms with van der Waals surface area (Å²) in [4.78, 5) is 66.8. The number of nitrogens with zero attached hydrogens (tertiary/aromatic N) is 6. The molecule has 3 heterocycles. The molecule has 2 fully saturated rings. The lowest BCUT2D eigenvalue weighted by molar-refractivity contribution is -0.164. The summed E-state index contributed by atoms with van der Waals surface area (Å²) in [5, 5.41) is 14.2. The number of aromatic nitrogens is 4. The first-order valence-electron chi connectivity index (χ1n) is 16.1. The van der Waals surface area contributed by atoms with Crippen LogP contribution in [-0.2, 0) is 45.5 Å². The highest BCUT2D eigenvalue weighted by molar-refractivity contribution is 7.84. The number of oxime groups is 1. The Hall–Kier alpha value is -5.73. The van der Waals surface area contributed by atoms with Gasteiger partial charge in [0.2, 0.25) is 5.60 Å². The molecular weight excluding hydrogens is 733 g/mol. The fourth-order valence-electron chi connectivity index (χ4n) is 5.28. The van der Waals surface area contributed by atoms with Crippen molar-refractivity contribution in [1.82, 2.24) is 29.4 Å². The topological polar surface area (TPSA) is 234 Å². The van der Waals surface area contributed by atoms with Gasteiger partial charge in [0.25, 0.3) is 11.8 Å². The Balaban J connectivity index is 1.27. The second-order valence-electron chi connectivity index (χ2n) is 13.0. The number of β-lactam (4-membered cyclic amide) rings is 1. The molecule has 6 rings (SSSR count). The molecule has 3 N–H and O–H groups in total. The van der Waals surface area contributed by atoms with E-state index in [2.05, 4.69) is 30.9 Å². The number of thiazole rings is 1. The Bertz CT molecular complexity index is 2080. The van der Waals surface area contributed by atoms with Gasteiger partial charge in [-0.2, -0.15) is 13.5 Å². The maximum absolute atomic E-state index is 13.9. The van der Waals surface area contributed by atoms with Crippen LogP contribution < -0.4 is 10.6 Å². The first kappa shape index (κ1) is 37.0. The number of carbonyl (C=O) groups is 4. The molecule has 4 aromatic rings. The Morgan fingerprint density at radius 1 is 1.08 bits per heavy atom. The van der Waals surface area contributed by atoms with Crippen LogP contribution in [0.5, 0.6) is 0 Å². The van der Waals surface area contributed by atoms with Crippen molar-refractivity contribution < 1.29 is 46.5 Å². The van der Waals surface area contributed by atoms with Crippen LogP contribution in [0.2, 0.25) is 0 Å². The van der Waals surface area contributed by atoms with E-state index in [1.807, 2.05) is 60.7 Å². The van der Waals surface area contributed by atoms with Crippen LogP contribution in [0.4, 0.5) is 9.93 Å². The normalized spacial score (nSPS) is 18.2. The van der Waals surface area contributed by atoms with Crippen molar-refractivity contribution >= 4 is 56.4 Å². The number of carbonyl (C=O) groups excluding carboxylic acids is 4. The maximum atomic E-state index is 13.9. The summed E-state index contributed by atoms with van der Waals surface area (Å²) in [6.45, 7) is 4.76. The number of benzene rings is 2. The van der Waals surface area contributed by atoms with E-state index < -0.39 is 69.3 Å². The first-order valence-corrected chi connectivity index (χ1v) is 18.4. The molecule has 1 saturated carbocycles. The lowest BCUT2D eigenvalue weighted by Gasteiger charge is -2.43. The maximum Gasteiger partial charge on any atom is 0.413 e.